The number of likely N-dealkylation sites (N-methyl/N-ethyl adjacent to an activating group) is 1. The van der Waals surface area contributed by atoms with Crippen molar-refractivity contribution in [1.29, 1.82) is 0 Å². The number of carbonyl (C=O) groups is 3. The van der Waals surface area contributed by atoms with Crippen molar-refractivity contribution in [3.05, 3.63) is 35.6 Å². The Morgan fingerprint density at radius 3 is 2.65 bits per heavy atom. The Balaban J connectivity index is 2.36. The summed E-state index contributed by atoms with van der Waals surface area (Å²) in [5.74, 6) is -1.73. The van der Waals surface area contributed by atoms with E-state index in [0.717, 1.165) is 4.90 Å². The van der Waals surface area contributed by atoms with E-state index >= 15 is 0 Å². The molecule has 1 heterocycles. The van der Waals surface area contributed by atoms with Gasteiger partial charge in [-0.3, -0.25) is 14.5 Å². The van der Waals surface area contributed by atoms with E-state index in [1.807, 2.05) is 0 Å². The molecule has 6 nitrogen and oxygen atoms in total. The first kappa shape index (κ1) is 14.0. The van der Waals surface area contributed by atoms with Gasteiger partial charge in [0, 0.05) is 12.6 Å². The average molecular weight is 279 g/mol. The maximum atomic E-state index is 13.8. The van der Waals surface area contributed by atoms with Gasteiger partial charge in [-0.15, -0.1) is 0 Å². The second-order valence-electron chi connectivity index (χ2n) is 4.60. The van der Waals surface area contributed by atoms with Crippen LogP contribution in [0.25, 0.3) is 0 Å². The lowest BCUT2D eigenvalue weighted by Gasteiger charge is -2.22. The summed E-state index contributed by atoms with van der Waals surface area (Å²) in [5.41, 5.74) is -1.44. The topological polar surface area (TPSA) is 78.5 Å². The number of nitrogens with one attached hydrogen (secondary N) is 2. The van der Waals surface area contributed by atoms with E-state index < -0.39 is 35.7 Å². The van der Waals surface area contributed by atoms with Crippen LogP contribution in [0.4, 0.5) is 9.18 Å². The van der Waals surface area contributed by atoms with Gasteiger partial charge in [-0.2, -0.15) is 0 Å². The van der Waals surface area contributed by atoms with Crippen molar-refractivity contribution in [2.75, 3.05) is 13.6 Å². The summed E-state index contributed by atoms with van der Waals surface area (Å²) in [6.45, 7) is 1.01. The molecule has 1 saturated heterocycles. The molecular weight excluding hydrogens is 265 g/mol. The number of hydrogen-bond donors (Lipinski definition) is 2. The molecular formula is C13H14FN3O3. The van der Waals surface area contributed by atoms with Gasteiger partial charge in [0.2, 0.25) is 5.91 Å². The number of nitrogens with zero attached hydrogens (tertiary/aromatic N) is 1. The fourth-order valence-electron chi connectivity index (χ4n) is 2.11. The van der Waals surface area contributed by atoms with Crippen LogP contribution in [0.5, 0.6) is 0 Å². The van der Waals surface area contributed by atoms with E-state index in [2.05, 4.69) is 10.6 Å². The summed E-state index contributed by atoms with van der Waals surface area (Å²) in [6, 6.07) is 4.98. The zero-order valence-electron chi connectivity index (χ0n) is 11.1. The minimum Gasteiger partial charge on any atom is -0.358 e. The van der Waals surface area contributed by atoms with Crippen LogP contribution >= 0.6 is 0 Å². The van der Waals surface area contributed by atoms with E-state index in [1.54, 1.807) is 6.07 Å². The highest BCUT2D eigenvalue weighted by Crippen LogP contribution is 2.30. The predicted octanol–water partition coefficient (Wildman–Crippen LogP) is 0.339. The highest BCUT2D eigenvalue weighted by Gasteiger charge is 2.50. The molecule has 2 N–H and O–H groups in total. The number of halogens is 1. The third kappa shape index (κ3) is 2.11. The Morgan fingerprint density at radius 1 is 1.40 bits per heavy atom. The summed E-state index contributed by atoms with van der Waals surface area (Å²) in [6.07, 6.45) is 0. The molecule has 0 saturated carbocycles. The van der Waals surface area contributed by atoms with Crippen molar-refractivity contribution >= 4 is 17.8 Å². The lowest BCUT2D eigenvalue weighted by Crippen LogP contribution is -2.43. The van der Waals surface area contributed by atoms with Gasteiger partial charge in [0.15, 0.2) is 0 Å². The number of benzene rings is 1. The molecule has 20 heavy (non-hydrogen) atoms. The van der Waals surface area contributed by atoms with Gasteiger partial charge in [-0.1, -0.05) is 18.2 Å². The Morgan fingerprint density at radius 2 is 2.05 bits per heavy atom. The van der Waals surface area contributed by atoms with Crippen LogP contribution in [0.3, 0.4) is 0 Å². The molecule has 1 fully saturated rings. The Labute approximate surface area is 114 Å². The molecule has 0 spiro atoms. The molecule has 4 amide bonds. The van der Waals surface area contributed by atoms with Gasteiger partial charge < -0.3 is 10.6 Å². The van der Waals surface area contributed by atoms with E-state index in [9.17, 15) is 18.8 Å². The standard InChI is InChI=1S/C13H14FN3O3/c1-13(8-5-3-4-6-9(8)14)11(19)17(12(20)16-13)7-10(18)15-2/h3-6H,7H2,1-2H3,(H,15,18)(H,16,20)/t13-/m1/s1. The fraction of sp³-hybridized carbons (Fsp3) is 0.308. The Kier molecular flexibility index (Phi) is 3.44. The smallest absolute Gasteiger partial charge is 0.325 e. The number of amides is 4. The third-order valence-electron chi connectivity index (χ3n) is 3.27. The molecule has 0 aliphatic carbocycles. The molecule has 7 heteroatoms. The molecule has 2 rings (SSSR count). The minimum absolute atomic E-state index is 0.0674. The first-order chi connectivity index (χ1) is 9.40. The molecule has 106 valence electrons. The monoisotopic (exact) mass is 279 g/mol. The van der Waals surface area contributed by atoms with E-state index in [4.69, 9.17) is 0 Å². The van der Waals surface area contributed by atoms with Gasteiger partial charge in [0.05, 0.1) is 0 Å². The number of imide groups is 1. The van der Waals surface area contributed by atoms with Crippen LogP contribution in [0, 0.1) is 5.82 Å². The van der Waals surface area contributed by atoms with Crippen molar-refractivity contribution in [1.82, 2.24) is 15.5 Å². The van der Waals surface area contributed by atoms with Crippen molar-refractivity contribution in [3.8, 4) is 0 Å². The number of rotatable bonds is 3. The normalized spacial score (nSPS) is 21.9. The van der Waals surface area contributed by atoms with Crippen LogP contribution in [0.1, 0.15) is 12.5 Å². The second-order valence-corrected chi connectivity index (χ2v) is 4.60. The van der Waals surface area contributed by atoms with Gasteiger partial charge in [0.25, 0.3) is 5.91 Å². The van der Waals surface area contributed by atoms with Gasteiger partial charge >= 0.3 is 6.03 Å². The second kappa shape index (κ2) is 4.92. The number of hydrogen-bond acceptors (Lipinski definition) is 3. The molecule has 0 radical (unpaired) electrons. The average Bonchev–Trinajstić information content (AvgIpc) is 2.63. The van der Waals surface area contributed by atoms with Crippen molar-refractivity contribution < 1.29 is 18.8 Å². The lowest BCUT2D eigenvalue weighted by molar-refractivity contribution is -0.134. The molecule has 0 aromatic heterocycles. The maximum absolute atomic E-state index is 13.8. The lowest BCUT2D eigenvalue weighted by atomic mass is 9.91. The zero-order valence-corrected chi connectivity index (χ0v) is 11.1. The molecule has 1 atom stereocenters. The summed E-state index contributed by atoms with van der Waals surface area (Å²) in [4.78, 5) is 36.2. The number of carbonyl (C=O) groups excluding carboxylic acids is 3. The van der Waals surface area contributed by atoms with E-state index in [-0.39, 0.29) is 5.56 Å². The molecule has 1 aliphatic rings. The van der Waals surface area contributed by atoms with Crippen LogP contribution < -0.4 is 10.6 Å². The first-order valence-electron chi connectivity index (χ1n) is 6.00. The highest BCUT2D eigenvalue weighted by atomic mass is 19.1. The minimum atomic E-state index is -1.50. The van der Waals surface area contributed by atoms with Gasteiger partial charge in [0.1, 0.15) is 17.9 Å². The summed E-state index contributed by atoms with van der Waals surface area (Å²) < 4.78 is 13.8. The zero-order chi connectivity index (χ0) is 14.9. The predicted molar refractivity (Wildman–Crippen MR) is 68.1 cm³/mol. The third-order valence-corrected chi connectivity index (χ3v) is 3.27. The van der Waals surface area contributed by atoms with Crippen molar-refractivity contribution in [2.45, 2.75) is 12.5 Å². The Bertz CT molecular complexity index is 590. The number of urea groups is 1. The fourth-order valence-corrected chi connectivity index (χ4v) is 2.11. The molecule has 1 aromatic carbocycles. The van der Waals surface area contributed by atoms with E-state index in [1.165, 1.54) is 32.2 Å². The highest BCUT2D eigenvalue weighted by molar-refractivity contribution is 6.09. The molecule has 0 unspecified atom stereocenters. The molecule has 0 bridgehead atoms. The maximum Gasteiger partial charge on any atom is 0.325 e. The first-order valence-corrected chi connectivity index (χ1v) is 6.00. The van der Waals surface area contributed by atoms with Crippen LogP contribution in [-0.4, -0.2) is 36.3 Å². The quantitative estimate of drug-likeness (QED) is 0.783. The van der Waals surface area contributed by atoms with Crippen molar-refractivity contribution in [2.24, 2.45) is 0 Å². The molecule has 1 aliphatic heterocycles. The molecule has 1 aromatic rings. The summed E-state index contributed by atoms with van der Waals surface area (Å²) in [5, 5.41) is 4.76. The van der Waals surface area contributed by atoms with Gasteiger partial charge in [-0.25, -0.2) is 9.18 Å². The van der Waals surface area contributed by atoms with Crippen LogP contribution in [0.15, 0.2) is 24.3 Å². The Hall–Kier alpha value is -2.44. The SMILES string of the molecule is CNC(=O)CN1C(=O)N[C@](C)(c2ccccc2F)C1=O. The largest absolute Gasteiger partial charge is 0.358 e. The van der Waals surface area contributed by atoms with E-state index in [0.29, 0.717) is 0 Å². The van der Waals surface area contributed by atoms with Crippen molar-refractivity contribution in [3.63, 3.8) is 0 Å². The van der Waals surface area contributed by atoms with Gasteiger partial charge in [-0.05, 0) is 13.0 Å². The summed E-state index contributed by atoms with van der Waals surface area (Å²) >= 11 is 0. The van der Waals surface area contributed by atoms with Crippen LogP contribution in [-0.2, 0) is 15.1 Å². The summed E-state index contributed by atoms with van der Waals surface area (Å²) in [7, 11) is 1.40. The van der Waals surface area contributed by atoms with Crippen LogP contribution in [0.2, 0.25) is 0 Å².